The van der Waals surface area contributed by atoms with Gasteiger partial charge in [-0.15, -0.1) is 0 Å². The van der Waals surface area contributed by atoms with E-state index in [2.05, 4.69) is 0 Å². The topological polar surface area (TPSA) is 18.5 Å². The molecule has 1 heterocycles. The van der Waals surface area contributed by atoms with E-state index >= 15 is 0 Å². The van der Waals surface area contributed by atoms with Crippen LogP contribution in [0.2, 0.25) is 0 Å². The van der Waals surface area contributed by atoms with Crippen LogP contribution in [-0.2, 0) is 25.2 Å². The Labute approximate surface area is 126 Å². The average Bonchev–Trinajstić information content (AvgIpc) is 2.72. The third kappa shape index (κ3) is 4.46. The molecule has 0 aliphatic carbocycles. The molecule has 0 unspecified atom stereocenters. The molecule has 0 saturated heterocycles. The van der Waals surface area contributed by atoms with Crippen LogP contribution >= 0.6 is 11.3 Å². The summed E-state index contributed by atoms with van der Waals surface area (Å²) in [5, 5.41) is 2.89. The summed E-state index contributed by atoms with van der Waals surface area (Å²) >= 11 is 2.62. The quantitative estimate of drug-likeness (QED) is 0.602. The molecule has 2 nitrogen and oxygen atoms in total. The van der Waals surface area contributed by atoms with E-state index in [0.29, 0.717) is 0 Å². The molecule has 0 aliphatic heterocycles. The zero-order chi connectivity index (χ0) is 9.80. The van der Waals surface area contributed by atoms with Crippen molar-refractivity contribution in [1.82, 2.24) is 0 Å². The summed E-state index contributed by atoms with van der Waals surface area (Å²) in [6.45, 7) is 0. The SMILES string of the molecule is [Cl-].[Cl-].[Zr+2][O]c1ccc(Oc2cccs2)cc1. The van der Waals surface area contributed by atoms with Crippen LogP contribution in [0.25, 0.3) is 0 Å². The molecule has 0 N–H and O–H groups in total. The Morgan fingerprint density at radius 1 is 0.938 bits per heavy atom. The van der Waals surface area contributed by atoms with E-state index in [1.807, 2.05) is 41.8 Å². The van der Waals surface area contributed by atoms with Crippen LogP contribution in [-0.4, -0.2) is 0 Å². The third-order valence-corrected chi connectivity index (χ3v) is 2.98. The molecule has 0 spiro atoms. The standard InChI is InChI=1S/C10H8O2S.2ClH.Zr/c11-8-3-5-9(6-4-8)12-10-2-1-7-13-10;;;/h1-7,11H;2*1H;/q;;;+3/p-3. The number of ether oxygens (including phenoxy) is 1. The molecule has 0 aliphatic rings. The zero-order valence-corrected chi connectivity index (χ0v) is 12.8. The van der Waals surface area contributed by atoms with Gasteiger partial charge in [0.1, 0.15) is 0 Å². The number of halogens is 2. The van der Waals surface area contributed by atoms with Crippen molar-refractivity contribution in [2.75, 3.05) is 0 Å². The molecule has 0 atom stereocenters. The van der Waals surface area contributed by atoms with Gasteiger partial charge in [-0.3, -0.25) is 0 Å². The second kappa shape index (κ2) is 8.13. The summed E-state index contributed by atoms with van der Waals surface area (Å²) in [7, 11) is 0. The molecule has 0 bridgehead atoms. The summed E-state index contributed by atoms with van der Waals surface area (Å²) in [4.78, 5) is 0. The van der Waals surface area contributed by atoms with Gasteiger partial charge in [-0.1, -0.05) is 0 Å². The second-order valence-electron chi connectivity index (χ2n) is 2.61. The van der Waals surface area contributed by atoms with E-state index in [4.69, 9.17) is 7.55 Å². The Hall–Kier alpha value is -0.0169. The predicted molar refractivity (Wildman–Crippen MR) is 51.5 cm³/mol. The molecule has 0 fully saturated rings. The van der Waals surface area contributed by atoms with Gasteiger partial charge >= 0.3 is 102 Å². The first-order valence-corrected chi connectivity index (χ1v) is 5.92. The van der Waals surface area contributed by atoms with Gasteiger partial charge in [0.2, 0.25) is 0 Å². The van der Waals surface area contributed by atoms with Crippen LogP contribution in [0, 0.1) is 0 Å². The van der Waals surface area contributed by atoms with Gasteiger partial charge in [-0.2, -0.15) is 0 Å². The van der Waals surface area contributed by atoms with Crippen molar-refractivity contribution >= 4 is 11.3 Å². The molecule has 16 heavy (non-hydrogen) atoms. The fraction of sp³-hybridized carbons (Fsp3) is 0. The molecule has 0 radical (unpaired) electrons. The van der Waals surface area contributed by atoms with Crippen LogP contribution < -0.4 is 32.4 Å². The maximum absolute atomic E-state index is 5.59. The minimum absolute atomic E-state index is 0. The van der Waals surface area contributed by atoms with Gasteiger partial charge in [0.25, 0.3) is 0 Å². The molecule has 2 aromatic rings. The predicted octanol–water partition coefficient (Wildman–Crippen LogP) is -2.61. The summed E-state index contributed by atoms with van der Waals surface area (Å²) in [5.74, 6) is 1.71. The number of hydrogen-bond acceptors (Lipinski definition) is 3. The van der Waals surface area contributed by atoms with Gasteiger partial charge in [-0.25, -0.2) is 0 Å². The average molecular weight is 353 g/mol. The van der Waals surface area contributed by atoms with Gasteiger partial charge in [0.05, 0.1) is 0 Å². The molecule has 1 aromatic heterocycles. The van der Waals surface area contributed by atoms with Crippen molar-refractivity contribution in [3.8, 4) is 16.6 Å². The Morgan fingerprint density at radius 3 is 2.06 bits per heavy atom. The van der Waals surface area contributed by atoms with E-state index in [1.165, 1.54) is 0 Å². The van der Waals surface area contributed by atoms with E-state index in [9.17, 15) is 0 Å². The first-order valence-electron chi connectivity index (χ1n) is 4.03. The molecule has 83 valence electrons. The van der Waals surface area contributed by atoms with Crippen molar-refractivity contribution in [3.63, 3.8) is 0 Å². The fourth-order valence-electron chi connectivity index (χ4n) is 1.01. The molecule has 2 rings (SSSR count). The van der Waals surface area contributed by atoms with E-state index in [-0.39, 0.29) is 24.8 Å². The van der Waals surface area contributed by atoms with Gasteiger partial charge in [0.15, 0.2) is 0 Å². The summed E-state index contributed by atoms with van der Waals surface area (Å²) in [6.07, 6.45) is 0. The third-order valence-electron chi connectivity index (χ3n) is 1.66. The molecule has 6 heteroatoms. The first kappa shape index (κ1) is 16.0. The minimum atomic E-state index is 0. The number of thiophene rings is 1. The molecule has 0 saturated carbocycles. The van der Waals surface area contributed by atoms with Crippen LogP contribution in [0.1, 0.15) is 0 Å². The number of rotatable bonds is 3. The summed E-state index contributed by atoms with van der Waals surface area (Å²) in [6, 6.07) is 11.5. The van der Waals surface area contributed by atoms with Crippen molar-refractivity contribution in [2.24, 2.45) is 0 Å². The summed E-state index contributed by atoms with van der Waals surface area (Å²) in [5.41, 5.74) is 0. The van der Waals surface area contributed by atoms with Gasteiger partial charge < -0.3 is 24.8 Å². The van der Waals surface area contributed by atoms with E-state index in [0.717, 1.165) is 41.7 Å². The fourth-order valence-corrected chi connectivity index (χ4v) is 1.94. The molecular formula is C10H7Cl2O2SZr. The monoisotopic (exact) mass is 351 g/mol. The van der Waals surface area contributed by atoms with Crippen LogP contribution in [0.5, 0.6) is 16.6 Å². The van der Waals surface area contributed by atoms with Gasteiger partial charge in [0, 0.05) is 0 Å². The van der Waals surface area contributed by atoms with Crippen molar-refractivity contribution in [2.45, 2.75) is 0 Å². The van der Waals surface area contributed by atoms with E-state index in [1.54, 1.807) is 11.3 Å². The Morgan fingerprint density at radius 2 is 1.56 bits per heavy atom. The van der Waals surface area contributed by atoms with Gasteiger partial charge in [-0.05, 0) is 0 Å². The van der Waals surface area contributed by atoms with Crippen molar-refractivity contribution in [1.29, 1.82) is 0 Å². The van der Waals surface area contributed by atoms with E-state index < -0.39 is 0 Å². The molecule has 0 amide bonds. The van der Waals surface area contributed by atoms with Crippen molar-refractivity contribution in [3.05, 3.63) is 41.8 Å². The first-order chi connectivity index (χ1) is 6.88. The summed E-state index contributed by atoms with van der Waals surface area (Å²) < 4.78 is 10.7. The zero-order valence-electron chi connectivity index (χ0n) is 8.02. The normalized spacial score (nSPS) is 8.62. The Kier molecular flexibility index (Phi) is 8.12. The van der Waals surface area contributed by atoms with Crippen LogP contribution in [0.4, 0.5) is 0 Å². The van der Waals surface area contributed by atoms with Crippen LogP contribution in [0.3, 0.4) is 0 Å². The Bertz CT molecular complexity index is 392. The van der Waals surface area contributed by atoms with Crippen molar-refractivity contribution < 1.29 is 57.5 Å². The Balaban J connectivity index is 0.00000112. The molecular weight excluding hydrogens is 346 g/mol. The van der Waals surface area contributed by atoms with Crippen LogP contribution in [0.15, 0.2) is 41.8 Å². The molecule has 1 aromatic carbocycles. The number of benzene rings is 1. The number of hydrogen-bond donors (Lipinski definition) is 0. The second-order valence-corrected chi connectivity index (χ2v) is 4.02. The maximum atomic E-state index is 5.59.